The van der Waals surface area contributed by atoms with E-state index in [1.807, 2.05) is 0 Å². The molecule has 0 spiro atoms. The second-order valence-electron chi connectivity index (χ2n) is 5.49. The van der Waals surface area contributed by atoms with E-state index in [0.717, 1.165) is 12.8 Å². The summed E-state index contributed by atoms with van der Waals surface area (Å²) in [5, 5.41) is 25.1. The lowest BCUT2D eigenvalue weighted by molar-refractivity contribution is -0.218. The second kappa shape index (κ2) is 6.63. The molecule has 4 atom stereocenters. The average molecular weight is 288 g/mol. The van der Waals surface area contributed by atoms with Crippen molar-refractivity contribution in [1.82, 2.24) is 10.5 Å². The number of ether oxygens (including phenoxy) is 2. The Balaban J connectivity index is 1.48. The molecule has 8 heteroatoms. The topological polar surface area (TPSA) is 96.1 Å². The Bertz CT molecular complexity index is 282. The third-order valence-electron chi connectivity index (χ3n) is 3.82. The van der Waals surface area contributed by atoms with Crippen molar-refractivity contribution in [2.45, 2.75) is 50.0 Å². The van der Waals surface area contributed by atoms with E-state index in [9.17, 15) is 10.4 Å². The molecule has 8 nitrogen and oxygen atoms in total. The number of hydrogen-bond acceptors (Lipinski definition) is 8. The molecule has 20 heavy (non-hydrogen) atoms. The van der Waals surface area contributed by atoms with Crippen LogP contribution in [0.3, 0.4) is 0 Å². The van der Waals surface area contributed by atoms with Gasteiger partial charge in [-0.2, -0.15) is 0 Å². The van der Waals surface area contributed by atoms with Crippen molar-refractivity contribution < 1.29 is 19.1 Å². The van der Waals surface area contributed by atoms with E-state index in [2.05, 4.69) is 0 Å². The summed E-state index contributed by atoms with van der Waals surface area (Å²) in [6.07, 6.45) is 3.18. The van der Waals surface area contributed by atoms with Crippen LogP contribution >= 0.6 is 0 Å². The average Bonchev–Trinajstić information content (AvgIpc) is 3.36. The van der Waals surface area contributed by atoms with E-state index in [0.29, 0.717) is 36.5 Å². The van der Waals surface area contributed by atoms with Gasteiger partial charge in [-0.3, -0.25) is 10.5 Å². The van der Waals surface area contributed by atoms with E-state index >= 15 is 0 Å². The van der Waals surface area contributed by atoms with Gasteiger partial charge in [0.1, 0.15) is 12.2 Å². The molecule has 0 radical (unpaired) electrons. The van der Waals surface area contributed by atoms with Gasteiger partial charge >= 0.3 is 0 Å². The number of nitrogens with zero attached hydrogens (tertiary/aromatic N) is 2. The molecule has 0 amide bonds. The summed E-state index contributed by atoms with van der Waals surface area (Å²) >= 11 is 0. The van der Waals surface area contributed by atoms with Crippen LogP contribution in [-0.2, 0) is 19.1 Å². The maximum Gasteiger partial charge on any atom is 0.106 e. The third-order valence-corrected chi connectivity index (χ3v) is 3.82. The summed E-state index contributed by atoms with van der Waals surface area (Å²) in [4.78, 5) is 10.3. The molecule has 3 rings (SSSR count). The van der Waals surface area contributed by atoms with Crippen LogP contribution in [0.4, 0.5) is 0 Å². The Hall–Kier alpha value is -0.320. The highest BCUT2D eigenvalue weighted by molar-refractivity contribution is 4.86. The first-order valence-electron chi connectivity index (χ1n) is 7.16. The zero-order chi connectivity index (χ0) is 13.9. The maximum absolute atomic E-state index is 12.0. The molecule has 2 saturated heterocycles. The van der Waals surface area contributed by atoms with Gasteiger partial charge in [-0.15, -0.1) is 0 Å². The van der Waals surface area contributed by atoms with Crippen molar-refractivity contribution in [3.05, 3.63) is 10.4 Å². The fourth-order valence-corrected chi connectivity index (χ4v) is 2.42. The smallest absolute Gasteiger partial charge is 0.106 e. The van der Waals surface area contributed by atoms with E-state index in [1.165, 1.54) is 0 Å². The Morgan fingerprint density at radius 1 is 0.850 bits per heavy atom. The van der Waals surface area contributed by atoms with Crippen molar-refractivity contribution in [1.29, 1.82) is 0 Å². The highest BCUT2D eigenvalue weighted by Crippen LogP contribution is 2.27. The minimum absolute atomic E-state index is 0.0279. The molecule has 1 saturated carbocycles. The van der Waals surface area contributed by atoms with Gasteiger partial charge in [0, 0.05) is 12.1 Å². The van der Waals surface area contributed by atoms with Gasteiger partial charge in [-0.25, -0.2) is 0 Å². The molecule has 4 unspecified atom stereocenters. The molecule has 0 aromatic heterocycles. The molecule has 0 bridgehead atoms. The maximum atomic E-state index is 12.0. The summed E-state index contributed by atoms with van der Waals surface area (Å²) in [6.45, 7) is 1.78. The number of rotatable bonds is 8. The number of epoxide rings is 2. The number of hydrogen-bond donors (Lipinski definition) is 0. The van der Waals surface area contributed by atoms with Crippen molar-refractivity contribution in [2.24, 2.45) is 0 Å². The van der Waals surface area contributed by atoms with Crippen molar-refractivity contribution in [3.63, 3.8) is 0 Å². The van der Waals surface area contributed by atoms with Gasteiger partial charge in [-0.1, -0.05) is 12.8 Å². The Morgan fingerprint density at radius 3 is 1.60 bits per heavy atom. The van der Waals surface area contributed by atoms with Crippen molar-refractivity contribution >= 4 is 0 Å². The summed E-state index contributed by atoms with van der Waals surface area (Å²) < 4.78 is 9.98. The first-order chi connectivity index (χ1) is 9.74. The van der Waals surface area contributed by atoms with Crippen LogP contribution in [-0.4, -0.2) is 61.2 Å². The van der Waals surface area contributed by atoms with Gasteiger partial charge in [0.15, 0.2) is 0 Å². The summed E-state index contributed by atoms with van der Waals surface area (Å²) in [5.74, 6) is 0. The fourth-order valence-electron chi connectivity index (χ4n) is 2.42. The summed E-state index contributed by atoms with van der Waals surface area (Å²) in [5.41, 5.74) is 0. The molecule has 1 aliphatic carbocycles. The molecule has 116 valence electrons. The van der Waals surface area contributed by atoms with Gasteiger partial charge < -0.3 is 29.6 Å². The standard InChI is InChI=1S/C12H20N2O6/c15-13(19-7-9-5-17-9)11-3-1-2-4-12(11)14(16)20-8-10-6-18-10/h9-12H,1-8H2/q-2. The van der Waals surface area contributed by atoms with Crippen LogP contribution in [0.15, 0.2) is 0 Å². The summed E-state index contributed by atoms with van der Waals surface area (Å²) in [7, 11) is 0. The van der Waals surface area contributed by atoms with E-state index < -0.39 is 12.1 Å². The Labute approximate surface area is 117 Å². The fraction of sp³-hybridized carbons (Fsp3) is 1.00. The molecule has 0 N–H and O–H groups in total. The second-order valence-corrected chi connectivity index (χ2v) is 5.49. The third kappa shape index (κ3) is 4.09. The van der Waals surface area contributed by atoms with Crippen LogP contribution in [0.5, 0.6) is 0 Å². The first-order valence-corrected chi connectivity index (χ1v) is 7.16. The van der Waals surface area contributed by atoms with Gasteiger partial charge in [0.05, 0.1) is 26.4 Å². The predicted octanol–water partition coefficient (Wildman–Crippen LogP) is 0.558. The highest BCUT2D eigenvalue weighted by Gasteiger charge is 2.31. The predicted molar refractivity (Wildman–Crippen MR) is 67.8 cm³/mol. The Morgan fingerprint density at radius 2 is 1.25 bits per heavy atom. The molecule has 0 aromatic rings. The first kappa shape index (κ1) is 14.6. The zero-order valence-corrected chi connectivity index (χ0v) is 11.3. The lowest BCUT2D eigenvalue weighted by atomic mass is 9.91. The molecule has 2 aliphatic heterocycles. The molecule has 2 heterocycles. The van der Waals surface area contributed by atoms with Crippen LogP contribution in [0, 0.1) is 10.4 Å². The molecule has 3 fully saturated rings. The van der Waals surface area contributed by atoms with Crippen LogP contribution in [0.25, 0.3) is 0 Å². The van der Waals surface area contributed by atoms with E-state index in [1.54, 1.807) is 0 Å². The normalized spacial score (nSPS) is 36.6. The quantitative estimate of drug-likeness (QED) is 0.472. The lowest BCUT2D eigenvalue weighted by Crippen LogP contribution is -2.50. The van der Waals surface area contributed by atoms with Crippen LogP contribution in [0.1, 0.15) is 25.7 Å². The molecular weight excluding hydrogens is 268 g/mol. The minimum atomic E-state index is -0.486. The van der Waals surface area contributed by atoms with E-state index in [-0.39, 0.29) is 25.4 Å². The zero-order valence-electron chi connectivity index (χ0n) is 11.3. The largest absolute Gasteiger partial charge is 0.762 e. The molecule has 0 aromatic carbocycles. The summed E-state index contributed by atoms with van der Waals surface area (Å²) in [6, 6.07) is -0.972. The van der Waals surface area contributed by atoms with Crippen molar-refractivity contribution in [3.8, 4) is 0 Å². The molecular formula is C12H20N2O6-2. The lowest BCUT2D eigenvalue weighted by Gasteiger charge is -2.48. The van der Waals surface area contributed by atoms with Crippen LogP contribution in [0.2, 0.25) is 0 Å². The SMILES string of the molecule is [O-]N(OCC1CO1)C1CCCCC1N([O-])OCC1CO1. The van der Waals surface area contributed by atoms with E-state index in [4.69, 9.17) is 19.1 Å². The number of hydroxylamine groups is 4. The van der Waals surface area contributed by atoms with Gasteiger partial charge in [-0.05, 0) is 12.8 Å². The van der Waals surface area contributed by atoms with Gasteiger partial charge in [0.2, 0.25) is 0 Å². The molecule has 3 aliphatic rings. The minimum Gasteiger partial charge on any atom is -0.762 e. The van der Waals surface area contributed by atoms with Crippen LogP contribution < -0.4 is 0 Å². The van der Waals surface area contributed by atoms with Gasteiger partial charge in [0.25, 0.3) is 0 Å². The highest BCUT2D eigenvalue weighted by atomic mass is 16.9. The Kier molecular flexibility index (Phi) is 4.84. The monoisotopic (exact) mass is 288 g/mol. The van der Waals surface area contributed by atoms with Crippen molar-refractivity contribution in [2.75, 3.05) is 26.4 Å².